The Hall–Kier alpha value is -3.60. The highest BCUT2D eigenvalue weighted by molar-refractivity contribution is 6.02. The highest BCUT2D eigenvalue weighted by Gasteiger charge is 2.12. The third kappa shape index (κ3) is 3.60. The molecule has 0 bridgehead atoms. The van der Waals surface area contributed by atoms with Gasteiger partial charge in [-0.05, 0) is 73.9 Å². The van der Waals surface area contributed by atoms with Crippen molar-refractivity contribution in [2.45, 2.75) is 20.8 Å². The maximum Gasteiger partial charge on any atom is 0.248 e. The van der Waals surface area contributed by atoms with Crippen LogP contribution in [0, 0.1) is 20.8 Å². The lowest BCUT2D eigenvalue weighted by Gasteiger charge is -2.07. The molecule has 2 aromatic carbocycles. The Morgan fingerprint density at radius 3 is 2.71 bits per heavy atom. The number of amides is 1. The summed E-state index contributed by atoms with van der Waals surface area (Å²) in [5, 5.41) is 2.90. The maximum absolute atomic E-state index is 12.3. The van der Waals surface area contributed by atoms with Crippen molar-refractivity contribution in [3.8, 4) is 11.5 Å². The summed E-state index contributed by atoms with van der Waals surface area (Å²) in [4.78, 5) is 16.9. The first kappa shape index (κ1) is 17.8. The van der Waals surface area contributed by atoms with Gasteiger partial charge in [-0.3, -0.25) is 4.79 Å². The number of carbonyl (C=O) groups excluding carboxylic acids is 1. The highest BCUT2D eigenvalue weighted by atomic mass is 16.3. The molecule has 0 aliphatic heterocycles. The largest absolute Gasteiger partial charge is 0.465 e. The number of aromatic nitrogens is 1. The summed E-state index contributed by atoms with van der Waals surface area (Å²) in [5.74, 6) is 0.920. The van der Waals surface area contributed by atoms with E-state index in [1.807, 2.05) is 45.0 Å². The fourth-order valence-electron chi connectivity index (χ4n) is 3.11. The average Bonchev–Trinajstić information content (AvgIpc) is 3.31. The van der Waals surface area contributed by atoms with Gasteiger partial charge in [0.15, 0.2) is 5.58 Å². The molecule has 0 spiro atoms. The summed E-state index contributed by atoms with van der Waals surface area (Å²) in [7, 11) is 0. The van der Waals surface area contributed by atoms with E-state index in [0.717, 1.165) is 33.4 Å². The van der Waals surface area contributed by atoms with Crippen molar-refractivity contribution in [2.24, 2.45) is 0 Å². The molecule has 5 nitrogen and oxygen atoms in total. The molecule has 2 aromatic heterocycles. The van der Waals surface area contributed by atoms with Crippen LogP contribution in [0.25, 0.3) is 28.6 Å². The maximum atomic E-state index is 12.3. The van der Waals surface area contributed by atoms with E-state index in [1.54, 1.807) is 24.5 Å². The fourth-order valence-corrected chi connectivity index (χ4v) is 3.11. The molecule has 4 rings (SSSR count). The lowest BCUT2D eigenvalue weighted by atomic mass is 10.1. The molecule has 0 fully saturated rings. The normalized spacial score (nSPS) is 11.4. The second-order valence-electron chi connectivity index (χ2n) is 6.82. The molecule has 140 valence electrons. The van der Waals surface area contributed by atoms with Crippen molar-refractivity contribution in [3.05, 3.63) is 77.3 Å². The number of oxazole rings is 1. The standard InChI is InChI=1S/C23H20N2O3/c1-14-11-16(3)22-20(12-14)25-23(28-22)17-7-6-15(2)19(13-17)24-21(26)9-8-18-5-4-10-27-18/h4-13H,1-3H3,(H,24,26)/b9-8-. The van der Waals surface area contributed by atoms with Gasteiger partial charge in [-0.25, -0.2) is 4.98 Å². The number of benzene rings is 2. The van der Waals surface area contributed by atoms with Crippen molar-refractivity contribution in [2.75, 3.05) is 5.32 Å². The molecular formula is C23H20N2O3. The number of carbonyl (C=O) groups is 1. The van der Waals surface area contributed by atoms with Crippen LogP contribution in [-0.4, -0.2) is 10.9 Å². The summed E-state index contributed by atoms with van der Waals surface area (Å²) >= 11 is 0. The monoisotopic (exact) mass is 372 g/mol. The van der Waals surface area contributed by atoms with E-state index in [4.69, 9.17) is 8.83 Å². The van der Waals surface area contributed by atoms with E-state index in [-0.39, 0.29) is 5.91 Å². The first-order valence-electron chi connectivity index (χ1n) is 9.01. The average molecular weight is 372 g/mol. The third-order valence-corrected chi connectivity index (χ3v) is 4.50. The summed E-state index contributed by atoms with van der Waals surface area (Å²) in [6.45, 7) is 5.99. The molecule has 2 heterocycles. The predicted octanol–water partition coefficient (Wildman–Crippen LogP) is 5.66. The van der Waals surface area contributed by atoms with E-state index < -0.39 is 0 Å². The smallest absolute Gasteiger partial charge is 0.248 e. The van der Waals surface area contributed by atoms with E-state index >= 15 is 0 Å². The van der Waals surface area contributed by atoms with Crippen LogP contribution in [0.2, 0.25) is 0 Å². The molecule has 0 saturated heterocycles. The number of aryl methyl sites for hydroxylation is 3. The van der Waals surface area contributed by atoms with Gasteiger partial charge in [0.05, 0.1) is 6.26 Å². The molecule has 0 unspecified atom stereocenters. The zero-order valence-electron chi connectivity index (χ0n) is 15.9. The molecule has 0 aliphatic carbocycles. The molecule has 0 saturated carbocycles. The first-order valence-corrected chi connectivity index (χ1v) is 9.01. The molecule has 0 aliphatic rings. The van der Waals surface area contributed by atoms with Crippen LogP contribution in [0.5, 0.6) is 0 Å². The fraction of sp³-hybridized carbons (Fsp3) is 0.130. The van der Waals surface area contributed by atoms with Crippen molar-refractivity contribution in [1.82, 2.24) is 4.98 Å². The first-order chi connectivity index (χ1) is 13.5. The van der Waals surface area contributed by atoms with Crippen molar-refractivity contribution < 1.29 is 13.6 Å². The Balaban J connectivity index is 1.62. The molecule has 4 aromatic rings. The molecule has 5 heteroatoms. The Bertz CT molecular complexity index is 1180. The van der Waals surface area contributed by atoms with Gasteiger partial charge in [0.25, 0.3) is 0 Å². The molecule has 0 atom stereocenters. The van der Waals surface area contributed by atoms with Crippen molar-refractivity contribution >= 4 is 28.8 Å². The minimum Gasteiger partial charge on any atom is -0.465 e. The molecule has 1 amide bonds. The predicted molar refractivity (Wildman–Crippen MR) is 110 cm³/mol. The second kappa shape index (κ2) is 7.19. The molecule has 28 heavy (non-hydrogen) atoms. The van der Waals surface area contributed by atoms with Crippen LogP contribution >= 0.6 is 0 Å². The van der Waals surface area contributed by atoms with Crippen LogP contribution in [0.3, 0.4) is 0 Å². The van der Waals surface area contributed by atoms with E-state index in [0.29, 0.717) is 17.3 Å². The zero-order chi connectivity index (χ0) is 19.7. The Morgan fingerprint density at radius 2 is 1.93 bits per heavy atom. The van der Waals surface area contributed by atoms with Gasteiger partial charge >= 0.3 is 0 Å². The highest BCUT2D eigenvalue weighted by Crippen LogP contribution is 2.30. The van der Waals surface area contributed by atoms with Crippen LogP contribution in [0.4, 0.5) is 5.69 Å². The Kier molecular flexibility index (Phi) is 4.57. The summed E-state index contributed by atoms with van der Waals surface area (Å²) < 4.78 is 11.2. The van der Waals surface area contributed by atoms with Crippen LogP contribution in [-0.2, 0) is 4.79 Å². The summed E-state index contributed by atoms with van der Waals surface area (Å²) in [5.41, 5.74) is 6.29. The Morgan fingerprint density at radius 1 is 1.07 bits per heavy atom. The SMILES string of the molecule is Cc1cc(C)c2oc(-c3ccc(C)c(NC(=O)/C=C\c4ccco4)c3)nc2c1. The van der Waals surface area contributed by atoms with Gasteiger partial charge in [-0.2, -0.15) is 0 Å². The van der Waals surface area contributed by atoms with Gasteiger partial charge in [-0.15, -0.1) is 0 Å². The molecule has 1 N–H and O–H groups in total. The molecule has 0 radical (unpaired) electrons. The van der Waals surface area contributed by atoms with E-state index in [9.17, 15) is 4.79 Å². The van der Waals surface area contributed by atoms with Gasteiger partial charge in [-0.1, -0.05) is 12.1 Å². The lowest BCUT2D eigenvalue weighted by Crippen LogP contribution is -2.09. The van der Waals surface area contributed by atoms with Gasteiger partial charge in [0.2, 0.25) is 11.8 Å². The lowest BCUT2D eigenvalue weighted by molar-refractivity contribution is -0.111. The van der Waals surface area contributed by atoms with Crippen LogP contribution in [0.1, 0.15) is 22.5 Å². The van der Waals surface area contributed by atoms with Gasteiger partial charge in [0.1, 0.15) is 11.3 Å². The third-order valence-electron chi connectivity index (χ3n) is 4.50. The topological polar surface area (TPSA) is 68.3 Å². The quantitative estimate of drug-likeness (QED) is 0.469. The van der Waals surface area contributed by atoms with Gasteiger partial charge < -0.3 is 14.2 Å². The summed E-state index contributed by atoms with van der Waals surface area (Å²) in [6, 6.07) is 13.4. The van der Waals surface area contributed by atoms with E-state index in [1.165, 1.54) is 6.08 Å². The second-order valence-corrected chi connectivity index (χ2v) is 6.82. The number of furan rings is 1. The number of anilines is 1. The van der Waals surface area contributed by atoms with Crippen molar-refractivity contribution in [3.63, 3.8) is 0 Å². The number of nitrogens with zero attached hydrogens (tertiary/aromatic N) is 1. The van der Waals surface area contributed by atoms with E-state index in [2.05, 4.69) is 16.4 Å². The van der Waals surface area contributed by atoms with Gasteiger partial charge in [0, 0.05) is 17.3 Å². The van der Waals surface area contributed by atoms with Crippen LogP contribution in [0.15, 0.2) is 63.6 Å². The minimum absolute atomic E-state index is 0.235. The number of hydrogen-bond acceptors (Lipinski definition) is 4. The Labute approximate surface area is 162 Å². The zero-order valence-corrected chi connectivity index (χ0v) is 15.9. The number of fused-ring (bicyclic) bond motifs is 1. The number of rotatable bonds is 4. The number of hydrogen-bond donors (Lipinski definition) is 1. The minimum atomic E-state index is -0.235. The van der Waals surface area contributed by atoms with Crippen LogP contribution < -0.4 is 5.32 Å². The van der Waals surface area contributed by atoms with Crippen molar-refractivity contribution in [1.29, 1.82) is 0 Å². The summed E-state index contributed by atoms with van der Waals surface area (Å²) in [6.07, 6.45) is 4.63. The molecular weight excluding hydrogens is 352 g/mol. The number of nitrogens with one attached hydrogen (secondary N) is 1.